The molecule has 0 spiro atoms. The van der Waals surface area contributed by atoms with E-state index in [-0.39, 0.29) is 5.56 Å². The van der Waals surface area contributed by atoms with E-state index in [1.165, 1.54) is 11.3 Å². The van der Waals surface area contributed by atoms with E-state index >= 15 is 0 Å². The number of nitrogens with one attached hydrogen (secondary N) is 1. The number of hydrogen-bond acceptors (Lipinski definition) is 6. The Morgan fingerprint density at radius 2 is 1.40 bits per heavy atom. The third-order valence-corrected chi connectivity index (χ3v) is 3.75. The van der Waals surface area contributed by atoms with Crippen LogP contribution in [0.4, 0.5) is 26.3 Å². The standard InChI is InChI=1S/C11H7N3OS.2C2HF3O2/c15-11-8-3-6-16-10(8)9(13-14-11)7-1-4-12-5-2-7;2*3-2(4,5)1(6)7/h1-6H,(H,14,15);2*(H,6,7). The molecule has 162 valence electrons. The predicted octanol–water partition coefficient (Wildman–Crippen LogP) is 3.31. The Kier molecular flexibility index (Phi) is 8.03. The lowest BCUT2D eigenvalue weighted by molar-refractivity contribution is -0.193. The van der Waals surface area contributed by atoms with Gasteiger partial charge in [0.25, 0.3) is 5.56 Å². The number of alkyl halides is 6. The van der Waals surface area contributed by atoms with E-state index in [1.807, 2.05) is 23.6 Å². The lowest BCUT2D eigenvalue weighted by Gasteiger charge is -2.00. The van der Waals surface area contributed by atoms with E-state index in [0.717, 1.165) is 16.0 Å². The Balaban J connectivity index is 0.000000271. The normalized spacial score (nSPS) is 11.0. The zero-order chi connectivity index (χ0) is 23.1. The van der Waals surface area contributed by atoms with Gasteiger partial charge in [0.05, 0.1) is 10.1 Å². The van der Waals surface area contributed by atoms with Gasteiger partial charge in [0.15, 0.2) is 0 Å². The molecule has 3 aromatic rings. The maximum absolute atomic E-state index is 11.5. The number of hydrogen-bond donors (Lipinski definition) is 3. The highest BCUT2D eigenvalue weighted by atomic mass is 32.1. The van der Waals surface area contributed by atoms with Crippen molar-refractivity contribution in [2.75, 3.05) is 0 Å². The minimum atomic E-state index is -5.08. The summed E-state index contributed by atoms with van der Waals surface area (Å²) in [4.78, 5) is 33.3. The van der Waals surface area contributed by atoms with Crippen LogP contribution < -0.4 is 5.56 Å². The number of carboxylic acids is 2. The van der Waals surface area contributed by atoms with Crippen molar-refractivity contribution >= 4 is 33.4 Å². The quantitative estimate of drug-likeness (QED) is 0.478. The van der Waals surface area contributed by atoms with Gasteiger partial charge < -0.3 is 10.2 Å². The van der Waals surface area contributed by atoms with E-state index in [1.54, 1.807) is 12.4 Å². The fourth-order valence-corrected chi connectivity index (χ4v) is 2.50. The fourth-order valence-electron chi connectivity index (χ4n) is 1.59. The van der Waals surface area contributed by atoms with Crippen molar-refractivity contribution in [1.82, 2.24) is 15.2 Å². The van der Waals surface area contributed by atoms with Gasteiger partial charge in [0.2, 0.25) is 0 Å². The second-order valence-electron chi connectivity index (χ2n) is 4.91. The molecule has 8 nitrogen and oxygen atoms in total. The zero-order valence-electron chi connectivity index (χ0n) is 14.2. The number of thiophene rings is 1. The van der Waals surface area contributed by atoms with Crippen molar-refractivity contribution in [2.24, 2.45) is 0 Å². The first kappa shape index (κ1) is 24.5. The van der Waals surface area contributed by atoms with Crippen LogP contribution in [-0.2, 0) is 9.59 Å². The average molecular weight is 457 g/mol. The first-order valence-corrected chi connectivity index (χ1v) is 8.09. The summed E-state index contributed by atoms with van der Waals surface area (Å²) in [5.41, 5.74) is 1.61. The highest BCUT2D eigenvalue weighted by Gasteiger charge is 2.38. The third-order valence-electron chi connectivity index (χ3n) is 2.83. The Morgan fingerprint density at radius 3 is 1.83 bits per heavy atom. The lowest BCUT2D eigenvalue weighted by Crippen LogP contribution is -2.21. The third kappa shape index (κ3) is 7.16. The molecule has 0 atom stereocenters. The SMILES string of the molecule is O=C(O)C(F)(F)F.O=C(O)C(F)(F)F.O=c1[nH]nc(-c2ccncc2)c2sccc12. The molecule has 0 radical (unpaired) electrons. The summed E-state index contributed by atoms with van der Waals surface area (Å²) in [5, 5.41) is 23.4. The molecule has 0 bridgehead atoms. The van der Waals surface area contributed by atoms with E-state index in [2.05, 4.69) is 15.2 Å². The van der Waals surface area contributed by atoms with Crippen molar-refractivity contribution in [3.8, 4) is 11.3 Å². The van der Waals surface area contributed by atoms with Crippen LogP contribution in [0.25, 0.3) is 21.3 Å². The number of rotatable bonds is 1. The first-order valence-electron chi connectivity index (χ1n) is 7.21. The molecule has 0 aliphatic carbocycles. The lowest BCUT2D eigenvalue weighted by atomic mass is 10.2. The Bertz CT molecular complexity index is 1040. The molecule has 0 saturated carbocycles. The minimum Gasteiger partial charge on any atom is -0.475 e. The molecule has 0 aromatic carbocycles. The van der Waals surface area contributed by atoms with Crippen LogP contribution in [0, 0.1) is 0 Å². The largest absolute Gasteiger partial charge is 0.490 e. The summed E-state index contributed by atoms with van der Waals surface area (Å²) >= 11 is 1.52. The summed E-state index contributed by atoms with van der Waals surface area (Å²) in [6.45, 7) is 0. The number of aromatic nitrogens is 3. The molecule has 0 aliphatic heterocycles. The number of pyridine rings is 1. The number of halogens is 6. The molecular formula is C15H9F6N3O5S. The highest BCUT2D eigenvalue weighted by molar-refractivity contribution is 7.17. The van der Waals surface area contributed by atoms with Gasteiger partial charge in [-0.3, -0.25) is 9.78 Å². The van der Waals surface area contributed by atoms with E-state index < -0.39 is 24.3 Å². The van der Waals surface area contributed by atoms with Crippen molar-refractivity contribution in [3.63, 3.8) is 0 Å². The van der Waals surface area contributed by atoms with Gasteiger partial charge in [-0.05, 0) is 23.6 Å². The van der Waals surface area contributed by atoms with Gasteiger partial charge in [-0.25, -0.2) is 14.7 Å². The zero-order valence-corrected chi connectivity index (χ0v) is 15.0. The molecule has 3 rings (SSSR count). The monoisotopic (exact) mass is 457 g/mol. The maximum atomic E-state index is 11.5. The number of aromatic amines is 1. The van der Waals surface area contributed by atoms with Crippen LogP contribution >= 0.6 is 11.3 Å². The number of carbonyl (C=O) groups is 2. The molecule has 15 heteroatoms. The molecule has 3 heterocycles. The molecular weight excluding hydrogens is 448 g/mol. The van der Waals surface area contributed by atoms with Gasteiger partial charge in [0.1, 0.15) is 5.69 Å². The van der Waals surface area contributed by atoms with Crippen molar-refractivity contribution in [1.29, 1.82) is 0 Å². The topological polar surface area (TPSA) is 133 Å². The number of aliphatic carboxylic acids is 2. The molecule has 0 aliphatic rings. The summed E-state index contributed by atoms with van der Waals surface area (Å²) < 4.78 is 64.4. The molecule has 0 fully saturated rings. The van der Waals surface area contributed by atoms with Crippen LogP contribution in [-0.4, -0.2) is 49.7 Å². The predicted molar refractivity (Wildman–Crippen MR) is 90.9 cm³/mol. The van der Waals surface area contributed by atoms with Gasteiger partial charge in [-0.15, -0.1) is 11.3 Å². The smallest absolute Gasteiger partial charge is 0.475 e. The second kappa shape index (κ2) is 9.82. The van der Waals surface area contributed by atoms with E-state index in [4.69, 9.17) is 19.8 Å². The van der Waals surface area contributed by atoms with Crippen LogP contribution in [0.3, 0.4) is 0 Å². The van der Waals surface area contributed by atoms with Crippen molar-refractivity contribution in [3.05, 3.63) is 46.3 Å². The number of nitrogens with zero attached hydrogens (tertiary/aromatic N) is 2. The van der Waals surface area contributed by atoms with Gasteiger partial charge in [-0.1, -0.05) is 0 Å². The Labute approximate surface area is 165 Å². The van der Waals surface area contributed by atoms with Crippen LogP contribution in [0.1, 0.15) is 0 Å². The van der Waals surface area contributed by atoms with Crippen LogP contribution in [0.5, 0.6) is 0 Å². The summed E-state index contributed by atoms with van der Waals surface area (Å²) in [7, 11) is 0. The number of carboxylic acid groups (broad SMARTS) is 2. The highest BCUT2D eigenvalue weighted by Crippen LogP contribution is 2.27. The molecule has 3 aromatic heterocycles. The second-order valence-corrected chi connectivity index (χ2v) is 5.82. The fraction of sp³-hybridized carbons (Fsp3) is 0.133. The first-order chi connectivity index (χ1) is 13.7. The molecule has 0 saturated heterocycles. The average Bonchev–Trinajstić information content (AvgIpc) is 3.13. The van der Waals surface area contributed by atoms with Gasteiger partial charge in [0, 0.05) is 18.0 Å². The van der Waals surface area contributed by atoms with E-state index in [0.29, 0.717) is 5.39 Å². The maximum Gasteiger partial charge on any atom is 0.490 e. The minimum absolute atomic E-state index is 0.144. The molecule has 0 amide bonds. The van der Waals surface area contributed by atoms with Gasteiger partial charge in [-0.2, -0.15) is 31.4 Å². The summed E-state index contributed by atoms with van der Waals surface area (Å²) in [6.07, 6.45) is -6.75. The Morgan fingerprint density at radius 1 is 0.933 bits per heavy atom. The Hall–Kier alpha value is -3.49. The van der Waals surface area contributed by atoms with Gasteiger partial charge >= 0.3 is 24.3 Å². The van der Waals surface area contributed by atoms with Crippen molar-refractivity contribution in [2.45, 2.75) is 12.4 Å². The summed E-state index contributed by atoms with van der Waals surface area (Å²) in [5.74, 6) is -5.51. The molecule has 3 N–H and O–H groups in total. The van der Waals surface area contributed by atoms with Crippen LogP contribution in [0.2, 0.25) is 0 Å². The number of H-pyrrole nitrogens is 1. The van der Waals surface area contributed by atoms with Crippen LogP contribution in [0.15, 0.2) is 40.8 Å². The number of fused-ring (bicyclic) bond motifs is 1. The van der Waals surface area contributed by atoms with Crippen molar-refractivity contribution < 1.29 is 46.1 Å². The van der Waals surface area contributed by atoms with E-state index in [9.17, 15) is 31.1 Å². The summed E-state index contributed by atoms with van der Waals surface area (Å²) in [6, 6.07) is 5.56. The molecule has 30 heavy (non-hydrogen) atoms. The molecule has 0 unspecified atom stereocenters.